The van der Waals surface area contributed by atoms with E-state index in [1.54, 1.807) is 12.1 Å². The minimum Gasteiger partial charge on any atom is -0.490 e. The molecule has 0 unspecified atom stereocenters. The molecule has 3 aromatic carbocycles. The van der Waals surface area contributed by atoms with E-state index in [4.69, 9.17) is 9.47 Å². The number of nitrogens with one attached hydrogen (secondary N) is 2. The molecule has 7 heteroatoms. The molecule has 4 rings (SSSR count). The van der Waals surface area contributed by atoms with Crippen LogP contribution in [0.3, 0.4) is 0 Å². The summed E-state index contributed by atoms with van der Waals surface area (Å²) in [5.41, 5.74) is 3.96. The van der Waals surface area contributed by atoms with Gasteiger partial charge < -0.3 is 19.8 Å². The summed E-state index contributed by atoms with van der Waals surface area (Å²) in [7, 11) is 0. The molecular formula is C29H26IN3O3. The van der Waals surface area contributed by atoms with Crippen molar-refractivity contribution in [1.82, 2.24) is 10.3 Å². The number of hydrogen-bond acceptors (Lipinski definition) is 4. The molecule has 0 saturated carbocycles. The number of carbonyl (C=O) groups is 1. The summed E-state index contributed by atoms with van der Waals surface area (Å²) in [6.07, 6.45) is 4.19. The van der Waals surface area contributed by atoms with Gasteiger partial charge in [0.15, 0.2) is 11.5 Å². The van der Waals surface area contributed by atoms with Gasteiger partial charge in [-0.15, -0.1) is 0 Å². The molecule has 0 aliphatic heterocycles. The van der Waals surface area contributed by atoms with Crippen LogP contribution in [0.1, 0.15) is 23.6 Å². The van der Waals surface area contributed by atoms with Crippen molar-refractivity contribution in [2.24, 2.45) is 0 Å². The quantitative estimate of drug-likeness (QED) is 0.134. The van der Waals surface area contributed by atoms with Gasteiger partial charge in [0.05, 0.1) is 10.2 Å². The maximum Gasteiger partial charge on any atom is 0.261 e. The van der Waals surface area contributed by atoms with E-state index < -0.39 is 5.91 Å². The van der Waals surface area contributed by atoms with Crippen molar-refractivity contribution < 1.29 is 14.3 Å². The molecule has 4 aromatic rings. The number of H-pyrrole nitrogens is 1. The Morgan fingerprint density at radius 2 is 1.89 bits per heavy atom. The van der Waals surface area contributed by atoms with Gasteiger partial charge in [0.1, 0.15) is 18.2 Å². The topological polar surface area (TPSA) is 87.1 Å². The molecule has 0 spiro atoms. The Kier molecular flexibility index (Phi) is 8.63. The monoisotopic (exact) mass is 591 g/mol. The van der Waals surface area contributed by atoms with Crippen LogP contribution in [0.5, 0.6) is 11.5 Å². The van der Waals surface area contributed by atoms with Crippen LogP contribution in [0.2, 0.25) is 0 Å². The summed E-state index contributed by atoms with van der Waals surface area (Å²) in [5, 5.41) is 13.6. The number of nitrogens with zero attached hydrogens (tertiary/aromatic N) is 1. The van der Waals surface area contributed by atoms with Gasteiger partial charge in [-0.3, -0.25) is 4.79 Å². The third kappa shape index (κ3) is 6.26. The molecule has 0 radical (unpaired) electrons. The Balaban J connectivity index is 1.45. The first-order chi connectivity index (χ1) is 17.6. The zero-order valence-corrected chi connectivity index (χ0v) is 22.0. The zero-order chi connectivity index (χ0) is 25.3. The van der Waals surface area contributed by atoms with E-state index in [9.17, 15) is 10.1 Å². The van der Waals surface area contributed by atoms with Gasteiger partial charge in [-0.2, -0.15) is 5.26 Å². The van der Waals surface area contributed by atoms with Crippen molar-refractivity contribution in [3.05, 3.63) is 98.8 Å². The molecule has 0 saturated heterocycles. The van der Waals surface area contributed by atoms with Crippen LogP contribution in [0, 0.1) is 14.9 Å². The molecule has 0 atom stereocenters. The second kappa shape index (κ2) is 12.3. The number of amides is 1. The van der Waals surface area contributed by atoms with Crippen LogP contribution >= 0.6 is 22.6 Å². The van der Waals surface area contributed by atoms with Crippen molar-refractivity contribution in [1.29, 1.82) is 5.26 Å². The van der Waals surface area contributed by atoms with Gasteiger partial charge in [0, 0.05) is 23.6 Å². The number of aromatic nitrogens is 1. The average molecular weight is 591 g/mol. The second-order valence-corrected chi connectivity index (χ2v) is 9.23. The average Bonchev–Trinajstić information content (AvgIpc) is 3.30. The van der Waals surface area contributed by atoms with Gasteiger partial charge in [0.2, 0.25) is 0 Å². The third-order valence-corrected chi connectivity index (χ3v) is 6.39. The van der Waals surface area contributed by atoms with E-state index in [1.807, 2.05) is 73.8 Å². The summed E-state index contributed by atoms with van der Waals surface area (Å²) in [5.74, 6) is 0.804. The first kappa shape index (κ1) is 25.3. The van der Waals surface area contributed by atoms with Gasteiger partial charge in [-0.1, -0.05) is 48.5 Å². The lowest BCUT2D eigenvalue weighted by Gasteiger charge is -2.15. The molecule has 36 heavy (non-hydrogen) atoms. The Hall–Kier alpha value is -3.77. The van der Waals surface area contributed by atoms with Gasteiger partial charge >= 0.3 is 0 Å². The molecule has 0 bridgehead atoms. The second-order valence-electron chi connectivity index (χ2n) is 8.07. The maximum absolute atomic E-state index is 12.7. The normalized spacial score (nSPS) is 11.2. The van der Waals surface area contributed by atoms with Crippen LogP contribution in [-0.2, 0) is 17.8 Å². The van der Waals surface area contributed by atoms with Crippen molar-refractivity contribution in [3.8, 4) is 17.6 Å². The predicted molar refractivity (Wildman–Crippen MR) is 150 cm³/mol. The minimum atomic E-state index is -0.408. The number of fused-ring (bicyclic) bond motifs is 1. The summed E-state index contributed by atoms with van der Waals surface area (Å²) in [4.78, 5) is 16.0. The standard InChI is InChI=1S/C29H26IN3O3/c1-2-35-27-16-21(15-25(30)28(27)36-19-20-8-4-3-5-9-20)14-23(17-31)29(34)32-13-12-22-18-33-26-11-7-6-10-24(22)26/h3-11,14-16,18,33H,2,12-13,19H2,1H3,(H,32,34)/b23-14-. The highest BCUT2D eigenvalue weighted by molar-refractivity contribution is 14.1. The number of aromatic amines is 1. The summed E-state index contributed by atoms with van der Waals surface area (Å²) in [6.45, 7) is 3.20. The first-order valence-corrected chi connectivity index (χ1v) is 12.7. The van der Waals surface area contributed by atoms with Gasteiger partial charge in [0.25, 0.3) is 5.91 Å². The van der Waals surface area contributed by atoms with Crippen molar-refractivity contribution in [2.75, 3.05) is 13.2 Å². The van der Waals surface area contributed by atoms with Crippen LogP contribution < -0.4 is 14.8 Å². The molecule has 182 valence electrons. The zero-order valence-electron chi connectivity index (χ0n) is 19.9. The highest BCUT2D eigenvalue weighted by Gasteiger charge is 2.15. The largest absolute Gasteiger partial charge is 0.490 e. The lowest BCUT2D eigenvalue weighted by molar-refractivity contribution is -0.117. The molecule has 0 aliphatic carbocycles. The number of halogens is 1. The van der Waals surface area contributed by atoms with Crippen LogP contribution in [-0.4, -0.2) is 24.0 Å². The molecule has 0 fully saturated rings. The van der Waals surface area contributed by atoms with Gasteiger partial charge in [-0.25, -0.2) is 0 Å². The lowest BCUT2D eigenvalue weighted by Crippen LogP contribution is -2.26. The molecular weight excluding hydrogens is 565 g/mol. The third-order valence-electron chi connectivity index (χ3n) is 5.59. The summed E-state index contributed by atoms with van der Waals surface area (Å²) in [6, 6.07) is 23.6. The minimum absolute atomic E-state index is 0.0325. The Morgan fingerprint density at radius 1 is 1.11 bits per heavy atom. The van der Waals surface area contributed by atoms with E-state index in [-0.39, 0.29) is 5.57 Å². The number of rotatable bonds is 10. The van der Waals surface area contributed by atoms with E-state index >= 15 is 0 Å². The van der Waals surface area contributed by atoms with Gasteiger partial charge in [-0.05, 0) is 76.9 Å². The van der Waals surface area contributed by atoms with Crippen LogP contribution in [0.15, 0.2) is 78.5 Å². The fourth-order valence-electron chi connectivity index (χ4n) is 3.86. The molecule has 0 aliphatic rings. The highest BCUT2D eigenvalue weighted by Crippen LogP contribution is 2.35. The SMILES string of the molecule is CCOc1cc(/C=C(/C#N)C(=O)NCCc2c[nH]c3ccccc23)cc(I)c1OCc1ccccc1. The number of hydrogen-bond donors (Lipinski definition) is 2. The van der Waals surface area contributed by atoms with Crippen molar-refractivity contribution >= 4 is 45.5 Å². The van der Waals surface area contributed by atoms with E-state index in [1.165, 1.54) is 0 Å². The lowest BCUT2D eigenvalue weighted by atomic mass is 10.1. The summed E-state index contributed by atoms with van der Waals surface area (Å²) < 4.78 is 12.7. The number of carbonyl (C=O) groups excluding carboxylic acids is 1. The number of nitriles is 1. The Labute approximate surface area is 224 Å². The molecule has 1 heterocycles. The van der Waals surface area contributed by atoms with Crippen LogP contribution in [0.4, 0.5) is 0 Å². The number of para-hydroxylation sites is 1. The molecule has 1 aromatic heterocycles. The molecule has 1 amide bonds. The summed E-state index contributed by atoms with van der Waals surface area (Å²) >= 11 is 2.18. The fourth-order valence-corrected chi connectivity index (χ4v) is 4.64. The molecule has 2 N–H and O–H groups in total. The fraction of sp³-hybridized carbons (Fsp3) is 0.172. The number of ether oxygens (including phenoxy) is 2. The van der Waals surface area contributed by atoms with E-state index in [0.29, 0.717) is 43.2 Å². The predicted octanol–water partition coefficient (Wildman–Crippen LogP) is 6.02. The number of benzene rings is 3. The smallest absolute Gasteiger partial charge is 0.261 e. The highest BCUT2D eigenvalue weighted by atomic mass is 127. The van der Waals surface area contributed by atoms with Crippen molar-refractivity contribution in [2.45, 2.75) is 20.0 Å². The Morgan fingerprint density at radius 3 is 2.67 bits per heavy atom. The maximum atomic E-state index is 12.7. The van der Waals surface area contributed by atoms with E-state index in [0.717, 1.165) is 25.6 Å². The van der Waals surface area contributed by atoms with E-state index in [2.05, 4.69) is 39.0 Å². The van der Waals surface area contributed by atoms with Crippen LogP contribution in [0.25, 0.3) is 17.0 Å². The molecule has 6 nitrogen and oxygen atoms in total. The first-order valence-electron chi connectivity index (χ1n) is 11.7. The van der Waals surface area contributed by atoms with Crippen molar-refractivity contribution in [3.63, 3.8) is 0 Å². The Bertz CT molecular complexity index is 1420.